The van der Waals surface area contributed by atoms with Gasteiger partial charge in [-0.05, 0) is 0 Å². The number of ether oxygens (including phenoxy) is 2. The Kier molecular flexibility index (Phi) is 4.65. The SMILES string of the molecule is CN(CCC(=O)O)S(=O)(=O)N1CCC2(CC1)OCCO2. The first-order chi connectivity index (χ1) is 9.36. The molecule has 0 aliphatic carbocycles. The standard InChI is InChI=1S/C11H20N2O6S/c1-12(5-2-10(14)15)20(16,17)13-6-3-11(4-7-13)18-8-9-19-11/h2-9H2,1H3,(H,14,15). The Bertz CT molecular complexity index is 450. The molecule has 2 aliphatic heterocycles. The minimum Gasteiger partial charge on any atom is -0.481 e. The maximum Gasteiger partial charge on any atom is 0.304 e. The van der Waals surface area contributed by atoms with E-state index >= 15 is 0 Å². The van der Waals surface area contributed by atoms with Crippen LogP contribution in [-0.2, 0) is 24.5 Å². The van der Waals surface area contributed by atoms with Crippen LogP contribution >= 0.6 is 0 Å². The van der Waals surface area contributed by atoms with E-state index in [-0.39, 0.29) is 13.0 Å². The van der Waals surface area contributed by atoms with Crippen molar-refractivity contribution in [3.05, 3.63) is 0 Å². The van der Waals surface area contributed by atoms with Crippen LogP contribution in [0.4, 0.5) is 0 Å². The molecule has 2 saturated heterocycles. The van der Waals surface area contributed by atoms with E-state index in [1.54, 1.807) is 0 Å². The molecule has 116 valence electrons. The molecule has 0 aromatic carbocycles. The normalized spacial score (nSPS) is 23.5. The second-order valence-electron chi connectivity index (χ2n) is 4.98. The van der Waals surface area contributed by atoms with E-state index in [1.807, 2.05) is 0 Å². The topological polar surface area (TPSA) is 96.4 Å². The number of carboxylic acids is 1. The Morgan fingerprint density at radius 1 is 1.30 bits per heavy atom. The Hall–Kier alpha value is -0.740. The number of hydrogen-bond acceptors (Lipinski definition) is 5. The third-order valence-corrected chi connectivity index (χ3v) is 5.65. The molecule has 0 aromatic heterocycles. The average molecular weight is 308 g/mol. The molecule has 1 spiro atoms. The van der Waals surface area contributed by atoms with Crippen LogP contribution in [0.25, 0.3) is 0 Å². The van der Waals surface area contributed by atoms with Crippen molar-refractivity contribution in [2.24, 2.45) is 0 Å². The second kappa shape index (κ2) is 5.94. The monoisotopic (exact) mass is 308 g/mol. The van der Waals surface area contributed by atoms with Gasteiger partial charge in [0.05, 0.1) is 19.6 Å². The molecule has 20 heavy (non-hydrogen) atoms. The summed E-state index contributed by atoms with van der Waals surface area (Å²) in [6.45, 7) is 1.70. The lowest BCUT2D eigenvalue weighted by Crippen LogP contribution is -2.51. The van der Waals surface area contributed by atoms with Gasteiger partial charge in [0.1, 0.15) is 0 Å². The van der Waals surface area contributed by atoms with E-state index in [2.05, 4.69) is 0 Å². The second-order valence-corrected chi connectivity index (χ2v) is 7.02. The van der Waals surface area contributed by atoms with E-state index in [4.69, 9.17) is 14.6 Å². The molecule has 2 rings (SSSR count). The summed E-state index contributed by atoms with van der Waals surface area (Å²) in [5, 5.41) is 8.61. The number of carbonyl (C=O) groups is 1. The van der Waals surface area contributed by atoms with Crippen molar-refractivity contribution in [2.45, 2.75) is 25.0 Å². The maximum absolute atomic E-state index is 12.3. The van der Waals surface area contributed by atoms with Crippen LogP contribution < -0.4 is 0 Å². The average Bonchev–Trinajstić information content (AvgIpc) is 2.84. The minimum atomic E-state index is -3.61. The summed E-state index contributed by atoms with van der Waals surface area (Å²) < 4.78 is 38.1. The van der Waals surface area contributed by atoms with Crippen LogP contribution in [0.3, 0.4) is 0 Å². The van der Waals surface area contributed by atoms with Crippen LogP contribution in [-0.4, -0.2) is 73.8 Å². The predicted octanol–water partition coefficient (Wildman–Crippen LogP) is -0.523. The molecule has 2 heterocycles. The quantitative estimate of drug-likeness (QED) is 0.734. The highest BCUT2D eigenvalue weighted by atomic mass is 32.2. The summed E-state index contributed by atoms with van der Waals surface area (Å²) in [4.78, 5) is 10.5. The fraction of sp³-hybridized carbons (Fsp3) is 0.909. The zero-order valence-electron chi connectivity index (χ0n) is 11.4. The number of rotatable bonds is 5. The van der Waals surface area contributed by atoms with E-state index in [0.717, 1.165) is 4.31 Å². The first kappa shape index (κ1) is 15.6. The summed E-state index contributed by atoms with van der Waals surface area (Å²) in [6.07, 6.45) is 0.789. The van der Waals surface area contributed by atoms with Gasteiger partial charge in [0.25, 0.3) is 10.2 Å². The third-order valence-electron chi connectivity index (χ3n) is 3.66. The van der Waals surface area contributed by atoms with Gasteiger partial charge in [0.2, 0.25) is 0 Å². The molecule has 9 heteroatoms. The van der Waals surface area contributed by atoms with E-state index in [1.165, 1.54) is 11.4 Å². The van der Waals surface area contributed by atoms with Gasteiger partial charge in [-0.15, -0.1) is 0 Å². The van der Waals surface area contributed by atoms with Gasteiger partial charge >= 0.3 is 5.97 Å². The summed E-state index contributed by atoms with van der Waals surface area (Å²) in [5.74, 6) is -1.64. The van der Waals surface area contributed by atoms with Crippen LogP contribution in [0.2, 0.25) is 0 Å². The van der Waals surface area contributed by atoms with Gasteiger partial charge in [-0.2, -0.15) is 17.0 Å². The molecule has 8 nitrogen and oxygen atoms in total. The molecule has 0 radical (unpaired) electrons. The lowest BCUT2D eigenvalue weighted by atomic mass is 10.1. The van der Waals surface area contributed by atoms with Gasteiger partial charge in [-0.3, -0.25) is 4.79 Å². The molecule has 0 bridgehead atoms. The summed E-state index contributed by atoms with van der Waals surface area (Å²) in [6, 6.07) is 0. The number of aliphatic carboxylic acids is 1. The summed E-state index contributed by atoms with van der Waals surface area (Å²) in [7, 11) is -2.22. The molecule has 2 fully saturated rings. The maximum atomic E-state index is 12.3. The van der Waals surface area contributed by atoms with Gasteiger partial charge in [0.15, 0.2) is 5.79 Å². The van der Waals surface area contributed by atoms with Crippen molar-refractivity contribution in [3.63, 3.8) is 0 Å². The lowest BCUT2D eigenvalue weighted by molar-refractivity contribution is -0.179. The van der Waals surface area contributed by atoms with Crippen molar-refractivity contribution >= 4 is 16.2 Å². The Labute approximate surface area is 118 Å². The third kappa shape index (κ3) is 3.29. The molecule has 0 unspecified atom stereocenters. The fourth-order valence-electron chi connectivity index (χ4n) is 2.41. The molecule has 2 aliphatic rings. The van der Waals surface area contributed by atoms with Gasteiger partial charge < -0.3 is 14.6 Å². The minimum absolute atomic E-state index is 0.0354. The zero-order valence-corrected chi connectivity index (χ0v) is 12.3. The number of hydrogen-bond donors (Lipinski definition) is 1. The van der Waals surface area contributed by atoms with Crippen molar-refractivity contribution in [2.75, 3.05) is 39.9 Å². The van der Waals surface area contributed by atoms with E-state index in [0.29, 0.717) is 39.1 Å². The van der Waals surface area contributed by atoms with Crippen LogP contribution in [0.15, 0.2) is 0 Å². The molecule has 0 aromatic rings. The fourth-order valence-corrected chi connectivity index (χ4v) is 3.77. The lowest BCUT2D eigenvalue weighted by Gasteiger charge is -2.38. The largest absolute Gasteiger partial charge is 0.481 e. The number of piperidine rings is 1. The van der Waals surface area contributed by atoms with Crippen molar-refractivity contribution < 1.29 is 27.8 Å². The Morgan fingerprint density at radius 3 is 2.35 bits per heavy atom. The van der Waals surface area contributed by atoms with Gasteiger partial charge in [-0.25, -0.2) is 0 Å². The summed E-state index contributed by atoms with van der Waals surface area (Å²) >= 11 is 0. The van der Waals surface area contributed by atoms with E-state index in [9.17, 15) is 13.2 Å². The zero-order chi connectivity index (χ0) is 14.8. The molecule has 0 amide bonds. The van der Waals surface area contributed by atoms with Crippen LogP contribution in [0.5, 0.6) is 0 Å². The highest BCUT2D eigenvalue weighted by molar-refractivity contribution is 7.86. The van der Waals surface area contributed by atoms with Crippen molar-refractivity contribution in [3.8, 4) is 0 Å². The first-order valence-corrected chi connectivity index (χ1v) is 7.97. The molecule has 0 saturated carbocycles. The molecular weight excluding hydrogens is 288 g/mol. The molecule has 0 atom stereocenters. The number of nitrogens with zero attached hydrogens (tertiary/aromatic N) is 2. The Morgan fingerprint density at radius 2 is 1.85 bits per heavy atom. The highest BCUT2D eigenvalue weighted by Gasteiger charge is 2.43. The van der Waals surface area contributed by atoms with Crippen LogP contribution in [0.1, 0.15) is 19.3 Å². The smallest absolute Gasteiger partial charge is 0.304 e. The summed E-state index contributed by atoms with van der Waals surface area (Å²) in [5.41, 5.74) is 0. The number of carboxylic acid groups (broad SMARTS) is 1. The van der Waals surface area contributed by atoms with Gasteiger partial charge in [0, 0.05) is 39.5 Å². The van der Waals surface area contributed by atoms with E-state index < -0.39 is 22.0 Å². The predicted molar refractivity (Wildman–Crippen MR) is 69.2 cm³/mol. The molecular formula is C11H20N2O6S. The van der Waals surface area contributed by atoms with Gasteiger partial charge in [-0.1, -0.05) is 0 Å². The highest BCUT2D eigenvalue weighted by Crippen LogP contribution is 2.32. The Balaban J connectivity index is 1.92. The van der Waals surface area contributed by atoms with Crippen molar-refractivity contribution in [1.29, 1.82) is 0 Å². The first-order valence-electron chi connectivity index (χ1n) is 6.57. The van der Waals surface area contributed by atoms with Crippen molar-refractivity contribution in [1.82, 2.24) is 8.61 Å². The molecule has 1 N–H and O–H groups in total. The van der Waals surface area contributed by atoms with Crippen LogP contribution in [0, 0.1) is 0 Å².